The first-order valence-electron chi connectivity index (χ1n) is 7.19. The van der Waals surface area contributed by atoms with E-state index in [1.165, 1.54) is 0 Å². The predicted molar refractivity (Wildman–Crippen MR) is 92.6 cm³/mol. The van der Waals surface area contributed by atoms with Crippen molar-refractivity contribution in [2.75, 3.05) is 13.7 Å². The van der Waals surface area contributed by atoms with E-state index in [1.54, 1.807) is 7.11 Å². The van der Waals surface area contributed by atoms with Crippen molar-refractivity contribution in [3.63, 3.8) is 0 Å². The van der Waals surface area contributed by atoms with Crippen molar-refractivity contribution in [2.24, 2.45) is 0 Å². The molecule has 3 nitrogen and oxygen atoms in total. The van der Waals surface area contributed by atoms with Crippen molar-refractivity contribution in [1.29, 1.82) is 0 Å². The Morgan fingerprint density at radius 1 is 1.18 bits per heavy atom. The van der Waals surface area contributed by atoms with Crippen LogP contribution in [0, 0.1) is 13.8 Å². The Bertz CT molecular complexity index is 683. The number of carbonyl (C=O) groups excluding carboxylic acids is 1. The Balaban J connectivity index is 1.93. The fourth-order valence-corrected chi connectivity index (χ4v) is 2.94. The average molecular weight is 362 g/mol. The van der Waals surface area contributed by atoms with Gasteiger partial charge in [0, 0.05) is 12.1 Å². The summed E-state index contributed by atoms with van der Waals surface area (Å²) < 4.78 is 6.13. The minimum Gasteiger partial charge on any atom is -0.496 e. The summed E-state index contributed by atoms with van der Waals surface area (Å²) in [5, 5.41) is 2.97. The zero-order chi connectivity index (χ0) is 16.1. The van der Waals surface area contributed by atoms with Crippen molar-refractivity contribution in [3.8, 4) is 5.75 Å². The van der Waals surface area contributed by atoms with Gasteiger partial charge in [-0.2, -0.15) is 0 Å². The maximum Gasteiger partial charge on any atom is 0.251 e. The summed E-state index contributed by atoms with van der Waals surface area (Å²) >= 11 is 3.47. The quantitative estimate of drug-likeness (QED) is 0.872. The van der Waals surface area contributed by atoms with Gasteiger partial charge in [0.05, 0.1) is 11.6 Å². The van der Waals surface area contributed by atoms with E-state index in [0.717, 1.165) is 38.9 Å². The molecule has 0 atom stereocenters. The van der Waals surface area contributed by atoms with Crippen LogP contribution in [-0.2, 0) is 6.42 Å². The maximum absolute atomic E-state index is 12.2. The molecule has 0 aliphatic carbocycles. The molecule has 0 saturated carbocycles. The summed E-state index contributed by atoms with van der Waals surface area (Å²) in [5.74, 6) is 0.785. The topological polar surface area (TPSA) is 38.3 Å². The van der Waals surface area contributed by atoms with Crippen LogP contribution in [0.3, 0.4) is 0 Å². The third-order valence-corrected chi connectivity index (χ3v) is 4.16. The SMILES string of the molecule is COc1ccc(CCNC(=O)c2ccc(C)cc2C)cc1Br. The third kappa shape index (κ3) is 4.10. The lowest BCUT2D eigenvalue weighted by molar-refractivity contribution is 0.0953. The van der Waals surface area contributed by atoms with Crippen molar-refractivity contribution >= 4 is 21.8 Å². The Morgan fingerprint density at radius 3 is 2.59 bits per heavy atom. The van der Waals surface area contributed by atoms with Crippen LogP contribution in [-0.4, -0.2) is 19.6 Å². The number of rotatable bonds is 5. The van der Waals surface area contributed by atoms with E-state index >= 15 is 0 Å². The summed E-state index contributed by atoms with van der Waals surface area (Å²) in [5.41, 5.74) is 4.05. The number of aryl methyl sites for hydroxylation is 2. The number of benzene rings is 2. The normalized spacial score (nSPS) is 10.4. The Hall–Kier alpha value is -1.81. The highest BCUT2D eigenvalue weighted by Gasteiger charge is 2.08. The number of amides is 1. The molecule has 1 N–H and O–H groups in total. The first kappa shape index (κ1) is 16.6. The minimum absolute atomic E-state index is 0.0231. The highest BCUT2D eigenvalue weighted by atomic mass is 79.9. The van der Waals surface area contributed by atoms with Crippen LogP contribution in [0.5, 0.6) is 5.75 Å². The van der Waals surface area contributed by atoms with E-state index in [4.69, 9.17) is 4.74 Å². The lowest BCUT2D eigenvalue weighted by atomic mass is 10.1. The van der Waals surface area contributed by atoms with E-state index < -0.39 is 0 Å². The molecule has 0 fully saturated rings. The molecule has 0 bridgehead atoms. The summed E-state index contributed by atoms with van der Waals surface area (Å²) in [6, 6.07) is 11.8. The van der Waals surface area contributed by atoms with Gasteiger partial charge >= 0.3 is 0 Å². The summed E-state index contributed by atoms with van der Waals surface area (Å²) in [6.45, 7) is 4.59. The summed E-state index contributed by atoms with van der Waals surface area (Å²) in [6.07, 6.45) is 0.777. The number of hydrogen-bond donors (Lipinski definition) is 1. The highest BCUT2D eigenvalue weighted by molar-refractivity contribution is 9.10. The molecule has 0 unspecified atom stereocenters. The van der Waals surface area contributed by atoms with Crippen LogP contribution < -0.4 is 10.1 Å². The van der Waals surface area contributed by atoms with Gasteiger partial charge in [-0.3, -0.25) is 4.79 Å². The van der Waals surface area contributed by atoms with Gasteiger partial charge in [-0.1, -0.05) is 23.8 Å². The maximum atomic E-state index is 12.2. The van der Waals surface area contributed by atoms with Crippen molar-refractivity contribution in [1.82, 2.24) is 5.32 Å². The number of methoxy groups -OCH3 is 1. The first-order chi connectivity index (χ1) is 10.5. The van der Waals surface area contributed by atoms with Crippen LogP contribution in [0.1, 0.15) is 27.0 Å². The molecule has 2 aromatic rings. The van der Waals surface area contributed by atoms with Crippen molar-refractivity contribution in [3.05, 3.63) is 63.1 Å². The summed E-state index contributed by atoms with van der Waals surface area (Å²) in [7, 11) is 1.64. The van der Waals surface area contributed by atoms with Crippen LogP contribution in [0.25, 0.3) is 0 Å². The van der Waals surface area contributed by atoms with Gasteiger partial charge in [0.15, 0.2) is 0 Å². The lowest BCUT2D eigenvalue weighted by Gasteiger charge is -2.09. The van der Waals surface area contributed by atoms with E-state index in [9.17, 15) is 4.79 Å². The van der Waals surface area contributed by atoms with E-state index in [2.05, 4.69) is 21.2 Å². The molecule has 0 aromatic heterocycles. The molecular weight excluding hydrogens is 342 g/mol. The smallest absolute Gasteiger partial charge is 0.251 e. The molecule has 0 radical (unpaired) electrons. The van der Waals surface area contributed by atoms with Gasteiger partial charge < -0.3 is 10.1 Å². The average Bonchev–Trinajstić information content (AvgIpc) is 2.47. The number of carbonyl (C=O) groups is 1. The van der Waals surface area contributed by atoms with E-state index in [0.29, 0.717) is 6.54 Å². The first-order valence-corrected chi connectivity index (χ1v) is 7.98. The van der Waals surface area contributed by atoms with Gasteiger partial charge in [-0.05, 0) is 65.5 Å². The highest BCUT2D eigenvalue weighted by Crippen LogP contribution is 2.25. The Kier molecular flexibility index (Phi) is 5.61. The minimum atomic E-state index is -0.0231. The zero-order valence-corrected chi connectivity index (χ0v) is 14.7. The van der Waals surface area contributed by atoms with Crippen LogP contribution in [0.15, 0.2) is 40.9 Å². The molecular formula is C18H20BrNO2. The molecule has 2 aromatic carbocycles. The van der Waals surface area contributed by atoms with Gasteiger partial charge in [0.1, 0.15) is 5.75 Å². The largest absolute Gasteiger partial charge is 0.496 e. The number of nitrogens with one attached hydrogen (secondary N) is 1. The van der Waals surface area contributed by atoms with Crippen LogP contribution in [0.4, 0.5) is 0 Å². The molecule has 0 heterocycles. The second-order valence-electron chi connectivity index (χ2n) is 5.29. The molecule has 1 amide bonds. The monoisotopic (exact) mass is 361 g/mol. The number of hydrogen-bond acceptors (Lipinski definition) is 2. The molecule has 0 aliphatic heterocycles. The Morgan fingerprint density at radius 2 is 1.95 bits per heavy atom. The fourth-order valence-electron chi connectivity index (χ4n) is 2.35. The van der Waals surface area contributed by atoms with Gasteiger partial charge in [-0.25, -0.2) is 0 Å². The molecule has 0 aliphatic rings. The second-order valence-corrected chi connectivity index (χ2v) is 6.15. The number of halogens is 1. The molecule has 22 heavy (non-hydrogen) atoms. The van der Waals surface area contributed by atoms with E-state index in [-0.39, 0.29) is 5.91 Å². The fraction of sp³-hybridized carbons (Fsp3) is 0.278. The molecule has 0 saturated heterocycles. The van der Waals surface area contributed by atoms with Gasteiger partial charge in [0.2, 0.25) is 0 Å². The molecule has 0 spiro atoms. The third-order valence-electron chi connectivity index (χ3n) is 3.54. The van der Waals surface area contributed by atoms with Crippen molar-refractivity contribution < 1.29 is 9.53 Å². The molecule has 116 valence electrons. The van der Waals surface area contributed by atoms with E-state index in [1.807, 2.05) is 50.2 Å². The van der Waals surface area contributed by atoms with Crippen LogP contribution >= 0.6 is 15.9 Å². The zero-order valence-electron chi connectivity index (χ0n) is 13.1. The predicted octanol–water partition coefficient (Wildman–Crippen LogP) is 4.05. The second kappa shape index (κ2) is 7.45. The van der Waals surface area contributed by atoms with Crippen LogP contribution in [0.2, 0.25) is 0 Å². The van der Waals surface area contributed by atoms with Gasteiger partial charge in [0.25, 0.3) is 5.91 Å². The van der Waals surface area contributed by atoms with Crippen molar-refractivity contribution in [2.45, 2.75) is 20.3 Å². The molecule has 4 heteroatoms. The van der Waals surface area contributed by atoms with Gasteiger partial charge in [-0.15, -0.1) is 0 Å². The standard InChI is InChI=1S/C18H20BrNO2/c1-12-4-6-15(13(2)10-12)18(21)20-9-8-14-5-7-17(22-3)16(19)11-14/h4-7,10-11H,8-9H2,1-3H3,(H,20,21). The number of ether oxygens (including phenoxy) is 1. The summed E-state index contributed by atoms with van der Waals surface area (Å²) in [4.78, 5) is 12.2. The molecule has 2 rings (SSSR count). The lowest BCUT2D eigenvalue weighted by Crippen LogP contribution is -2.26. The Labute approximate surface area is 139 Å².